The summed E-state index contributed by atoms with van der Waals surface area (Å²) in [6.07, 6.45) is -3.81. The van der Waals surface area contributed by atoms with Gasteiger partial charge < -0.3 is 5.43 Å². The molecule has 9 heteroatoms. The first-order valence-electron chi connectivity index (χ1n) is 9.90. The van der Waals surface area contributed by atoms with E-state index in [2.05, 4.69) is 10.5 Å². The highest BCUT2D eigenvalue weighted by atomic mass is 35.5. The number of thioether (sulfide) groups is 1. The average molecular weight is 497 g/mol. The predicted octanol–water partition coefficient (Wildman–Crippen LogP) is 7.71. The van der Waals surface area contributed by atoms with Crippen LogP contribution in [0.4, 0.5) is 22.0 Å². The summed E-state index contributed by atoms with van der Waals surface area (Å²) in [7, 11) is 0. The molecule has 0 amide bonds. The van der Waals surface area contributed by atoms with E-state index in [1.54, 1.807) is 30.0 Å². The number of hydrazone groups is 1. The van der Waals surface area contributed by atoms with Crippen LogP contribution in [0.5, 0.6) is 0 Å². The number of nitrogens with zero attached hydrogens (tertiary/aromatic N) is 1. The van der Waals surface area contributed by atoms with Gasteiger partial charge in [0, 0.05) is 9.92 Å². The Morgan fingerprint density at radius 3 is 2.15 bits per heavy atom. The summed E-state index contributed by atoms with van der Waals surface area (Å²) in [6, 6.07) is 19.8. The minimum atomic E-state index is -5.78. The summed E-state index contributed by atoms with van der Waals surface area (Å²) >= 11 is 7.63. The normalized spacial score (nSPS) is 18.7. The number of rotatable bonds is 5. The molecule has 1 heterocycles. The molecular formula is C24H18ClF5N2S. The molecule has 3 aromatic carbocycles. The molecule has 172 valence electrons. The molecule has 1 N–H and O–H groups in total. The zero-order chi connectivity index (χ0) is 23.8. The molecule has 0 bridgehead atoms. The number of nitrogens with one attached hydrogen (secondary N) is 1. The number of benzene rings is 3. The fourth-order valence-corrected chi connectivity index (χ4v) is 4.47. The molecule has 2 atom stereocenters. The maximum Gasteiger partial charge on any atom is 0.459 e. The van der Waals surface area contributed by atoms with Gasteiger partial charge in [0.15, 0.2) is 0 Å². The fourth-order valence-electron chi connectivity index (χ4n) is 3.86. The Kier molecular flexibility index (Phi) is 6.42. The van der Waals surface area contributed by atoms with Crippen molar-refractivity contribution in [3.63, 3.8) is 0 Å². The van der Waals surface area contributed by atoms with Crippen molar-refractivity contribution in [1.29, 1.82) is 0 Å². The molecule has 33 heavy (non-hydrogen) atoms. The van der Waals surface area contributed by atoms with Crippen molar-refractivity contribution in [3.05, 3.63) is 88.9 Å². The largest absolute Gasteiger partial charge is 0.459 e. The lowest BCUT2D eigenvalue weighted by Gasteiger charge is -2.27. The second kappa shape index (κ2) is 8.99. The van der Waals surface area contributed by atoms with E-state index < -0.39 is 29.8 Å². The second-order valence-corrected chi connectivity index (χ2v) is 8.88. The molecule has 0 saturated carbocycles. The third-order valence-electron chi connectivity index (χ3n) is 5.51. The van der Waals surface area contributed by atoms with Crippen LogP contribution >= 0.6 is 23.4 Å². The summed E-state index contributed by atoms with van der Waals surface area (Å²) in [5.41, 5.74) is 3.70. The van der Waals surface area contributed by atoms with E-state index in [0.29, 0.717) is 5.56 Å². The lowest BCUT2D eigenvalue weighted by Crippen LogP contribution is -2.46. The minimum Gasteiger partial charge on any atom is -0.301 e. The number of halogens is 6. The summed E-state index contributed by atoms with van der Waals surface area (Å²) in [5.74, 6) is -6.47. The van der Waals surface area contributed by atoms with Crippen molar-refractivity contribution in [2.75, 3.05) is 6.26 Å². The Bertz CT molecular complexity index is 1180. The lowest BCUT2D eigenvalue weighted by atomic mass is 9.82. The van der Waals surface area contributed by atoms with Gasteiger partial charge in [0.05, 0.1) is 12.0 Å². The van der Waals surface area contributed by atoms with E-state index in [0.717, 1.165) is 16.0 Å². The molecular weight excluding hydrogens is 479 g/mol. The van der Waals surface area contributed by atoms with Crippen LogP contribution in [0.15, 0.2) is 82.8 Å². The molecule has 1 aliphatic heterocycles. The van der Waals surface area contributed by atoms with Gasteiger partial charge in [0.25, 0.3) is 0 Å². The predicted molar refractivity (Wildman–Crippen MR) is 122 cm³/mol. The van der Waals surface area contributed by atoms with Crippen LogP contribution in [0.1, 0.15) is 23.1 Å². The van der Waals surface area contributed by atoms with Crippen LogP contribution in [0, 0.1) is 0 Å². The molecule has 4 rings (SSSR count). The summed E-state index contributed by atoms with van der Waals surface area (Å²) < 4.78 is 68.6. The molecule has 0 aromatic heterocycles. The Hall–Kier alpha value is -2.58. The Morgan fingerprint density at radius 1 is 0.848 bits per heavy atom. The average Bonchev–Trinajstić information content (AvgIpc) is 3.24. The first-order valence-corrected chi connectivity index (χ1v) is 11.5. The molecule has 0 spiro atoms. The first kappa shape index (κ1) is 23.6. The zero-order valence-electron chi connectivity index (χ0n) is 17.2. The monoisotopic (exact) mass is 496 g/mol. The van der Waals surface area contributed by atoms with Crippen LogP contribution in [0.25, 0.3) is 11.1 Å². The van der Waals surface area contributed by atoms with Crippen molar-refractivity contribution in [1.82, 2.24) is 5.43 Å². The molecule has 0 fully saturated rings. The van der Waals surface area contributed by atoms with Crippen molar-refractivity contribution in [3.8, 4) is 11.1 Å². The Morgan fingerprint density at radius 2 is 1.52 bits per heavy atom. The van der Waals surface area contributed by atoms with Gasteiger partial charge in [-0.25, -0.2) is 0 Å². The van der Waals surface area contributed by atoms with Gasteiger partial charge in [-0.1, -0.05) is 54.1 Å². The molecule has 0 aliphatic carbocycles. The van der Waals surface area contributed by atoms with E-state index in [-0.39, 0.29) is 10.6 Å². The quantitative estimate of drug-likeness (QED) is 0.289. The Balaban J connectivity index is 1.77. The van der Waals surface area contributed by atoms with Crippen LogP contribution < -0.4 is 5.43 Å². The SMILES string of the molecule is CSc1ccc(-c2cccc(C3NN=C(C(F)(F)C(F)(F)F)C3c3cccc(Cl)c3)c2)cc1. The van der Waals surface area contributed by atoms with Crippen molar-refractivity contribution in [2.24, 2.45) is 5.10 Å². The van der Waals surface area contributed by atoms with Gasteiger partial charge in [0.1, 0.15) is 5.71 Å². The third-order valence-corrected chi connectivity index (χ3v) is 6.49. The molecule has 0 saturated heterocycles. The van der Waals surface area contributed by atoms with E-state index in [1.807, 2.05) is 36.6 Å². The maximum atomic E-state index is 14.4. The number of hydrogen-bond acceptors (Lipinski definition) is 3. The summed E-state index contributed by atoms with van der Waals surface area (Å²) in [5, 5.41) is 3.73. The standard InChI is InChI=1S/C24H18ClF5N2S/c1-33-19-10-8-14(9-11-19)15-4-2-6-17(12-15)21-20(16-5-3-7-18(25)13-16)22(32-31-21)23(26,27)24(28,29)30/h2-13,20-21,31H,1H3. The van der Waals surface area contributed by atoms with E-state index >= 15 is 0 Å². The summed E-state index contributed by atoms with van der Waals surface area (Å²) in [4.78, 5) is 1.08. The first-order chi connectivity index (χ1) is 15.6. The number of alkyl halides is 5. The number of hydrogen-bond donors (Lipinski definition) is 1. The van der Waals surface area contributed by atoms with Crippen molar-refractivity contribution in [2.45, 2.75) is 29.0 Å². The van der Waals surface area contributed by atoms with Gasteiger partial charge in [-0.15, -0.1) is 11.8 Å². The van der Waals surface area contributed by atoms with E-state index in [4.69, 9.17) is 11.6 Å². The molecule has 3 aromatic rings. The van der Waals surface area contributed by atoms with Crippen LogP contribution in [0.2, 0.25) is 5.02 Å². The van der Waals surface area contributed by atoms with Gasteiger partial charge in [0.2, 0.25) is 0 Å². The molecule has 1 aliphatic rings. The topological polar surface area (TPSA) is 24.4 Å². The lowest BCUT2D eigenvalue weighted by molar-refractivity contribution is -0.250. The van der Waals surface area contributed by atoms with Crippen molar-refractivity contribution < 1.29 is 22.0 Å². The van der Waals surface area contributed by atoms with Crippen LogP contribution in [-0.4, -0.2) is 24.1 Å². The highest BCUT2D eigenvalue weighted by molar-refractivity contribution is 7.98. The highest BCUT2D eigenvalue weighted by Crippen LogP contribution is 2.47. The maximum absolute atomic E-state index is 14.4. The van der Waals surface area contributed by atoms with Gasteiger partial charge in [-0.2, -0.15) is 27.1 Å². The Labute approximate surface area is 196 Å². The second-order valence-electron chi connectivity index (χ2n) is 7.56. The van der Waals surface area contributed by atoms with Crippen LogP contribution in [-0.2, 0) is 0 Å². The molecule has 2 unspecified atom stereocenters. The van der Waals surface area contributed by atoms with Gasteiger partial charge in [-0.3, -0.25) is 0 Å². The van der Waals surface area contributed by atoms with Gasteiger partial charge >= 0.3 is 12.1 Å². The van der Waals surface area contributed by atoms with E-state index in [9.17, 15) is 22.0 Å². The highest BCUT2D eigenvalue weighted by Gasteiger charge is 2.64. The van der Waals surface area contributed by atoms with Gasteiger partial charge in [-0.05, 0) is 58.8 Å². The van der Waals surface area contributed by atoms with Crippen LogP contribution in [0.3, 0.4) is 0 Å². The smallest absolute Gasteiger partial charge is 0.301 e. The fraction of sp³-hybridized carbons (Fsp3) is 0.208. The third kappa shape index (κ3) is 4.59. The zero-order valence-corrected chi connectivity index (χ0v) is 18.8. The summed E-state index contributed by atoms with van der Waals surface area (Å²) in [6.45, 7) is 0. The molecule has 2 nitrogen and oxygen atoms in total. The van der Waals surface area contributed by atoms with Crippen molar-refractivity contribution >= 4 is 29.1 Å². The minimum absolute atomic E-state index is 0.218. The molecule has 0 radical (unpaired) electrons. The van der Waals surface area contributed by atoms with E-state index in [1.165, 1.54) is 24.3 Å².